The van der Waals surface area contributed by atoms with E-state index in [-0.39, 0.29) is 5.56 Å². The molecule has 0 N–H and O–H groups in total. The van der Waals surface area contributed by atoms with Crippen LogP contribution in [0, 0.1) is 0 Å². The van der Waals surface area contributed by atoms with Crippen molar-refractivity contribution in [2.75, 3.05) is 0 Å². The second kappa shape index (κ2) is 4.35. The van der Waals surface area contributed by atoms with Crippen molar-refractivity contribution in [3.05, 3.63) is 64.6 Å². The third-order valence-corrected chi connectivity index (χ3v) is 2.64. The summed E-state index contributed by atoms with van der Waals surface area (Å²) in [5.41, 5.74) is 2.01. The van der Waals surface area contributed by atoms with Gasteiger partial charge < -0.3 is 0 Å². The number of hydrogen-bond donors (Lipinski definition) is 0. The minimum atomic E-state index is 0.0254. The van der Waals surface area contributed by atoms with E-state index in [1.807, 2.05) is 42.6 Å². The van der Waals surface area contributed by atoms with Crippen LogP contribution in [0.15, 0.2) is 53.5 Å². The number of pyridine rings is 1. The Balaban J connectivity index is 2.49. The van der Waals surface area contributed by atoms with Gasteiger partial charge in [0.2, 0.25) is 0 Å². The molecule has 0 unspecified atom stereocenters. The normalized spacial score (nSPS) is 10.7. The van der Waals surface area contributed by atoms with Crippen LogP contribution >= 0.6 is 0 Å². The molecular weight excluding hydrogens is 198 g/mol. The van der Waals surface area contributed by atoms with Gasteiger partial charge in [-0.05, 0) is 29.7 Å². The van der Waals surface area contributed by atoms with Crippen molar-refractivity contribution in [3.8, 4) is 5.69 Å². The Kier molecular flexibility index (Phi) is 2.91. The lowest BCUT2D eigenvalue weighted by Crippen LogP contribution is -2.17. The summed E-state index contributed by atoms with van der Waals surface area (Å²) in [6, 6.07) is 13.4. The molecule has 1 aromatic heterocycles. The van der Waals surface area contributed by atoms with Gasteiger partial charge in [-0.1, -0.05) is 32.0 Å². The van der Waals surface area contributed by atoms with Gasteiger partial charge in [0.1, 0.15) is 0 Å². The minimum absolute atomic E-state index is 0.0254. The summed E-state index contributed by atoms with van der Waals surface area (Å²) in [7, 11) is 0. The number of benzene rings is 1. The molecule has 0 aliphatic rings. The van der Waals surface area contributed by atoms with Gasteiger partial charge in [0.25, 0.3) is 5.56 Å². The number of aromatic nitrogens is 1. The number of rotatable bonds is 2. The molecule has 0 radical (unpaired) electrons. The zero-order valence-corrected chi connectivity index (χ0v) is 9.55. The molecule has 0 aliphatic carbocycles. The SMILES string of the molecule is CC(C)c1ccn(-c2ccccc2)c(=O)c1. The molecule has 0 saturated heterocycles. The van der Waals surface area contributed by atoms with E-state index in [1.165, 1.54) is 0 Å². The Hall–Kier alpha value is -1.83. The summed E-state index contributed by atoms with van der Waals surface area (Å²) in [4.78, 5) is 11.9. The summed E-state index contributed by atoms with van der Waals surface area (Å²) >= 11 is 0. The molecule has 2 nitrogen and oxygen atoms in total. The van der Waals surface area contributed by atoms with E-state index in [2.05, 4.69) is 13.8 Å². The molecule has 2 heteroatoms. The van der Waals surface area contributed by atoms with Crippen molar-refractivity contribution in [1.29, 1.82) is 0 Å². The zero-order chi connectivity index (χ0) is 11.5. The Morgan fingerprint density at radius 3 is 2.31 bits per heavy atom. The van der Waals surface area contributed by atoms with Crippen LogP contribution in [-0.2, 0) is 0 Å². The highest BCUT2D eigenvalue weighted by molar-refractivity contribution is 5.32. The molecule has 0 fully saturated rings. The standard InChI is InChI=1S/C14H15NO/c1-11(2)12-8-9-15(14(16)10-12)13-6-4-3-5-7-13/h3-11H,1-2H3. The van der Waals surface area contributed by atoms with E-state index in [4.69, 9.17) is 0 Å². The molecule has 0 atom stereocenters. The summed E-state index contributed by atoms with van der Waals surface area (Å²) in [6.07, 6.45) is 1.84. The second-order valence-electron chi connectivity index (χ2n) is 4.16. The summed E-state index contributed by atoms with van der Waals surface area (Å²) in [5.74, 6) is 0.387. The summed E-state index contributed by atoms with van der Waals surface area (Å²) in [6.45, 7) is 4.17. The lowest BCUT2D eigenvalue weighted by molar-refractivity contribution is 0.847. The maximum Gasteiger partial charge on any atom is 0.255 e. The van der Waals surface area contributed by atoms with E-state index < -0.39 is 0 Å². The maximum atomic E-state index is 11.9. The molecule has 0 spiro atoms. The molecule has 0 amide bonds. The van der Waals surface area contributed by atoms with Crippen molar-refractivity contribution in [2.24, 2.45) is 0 Å². The number of hydrogen-bond acceptors (Lipinski definition) is 1. The largest absolute Gasteiger partial charge is 0.284 e. The van der Waals surface area contributed by atoms with Crippen LogP contribution in [0.1, 0.15) is 25.3 Å². The first kappa shape index (κ1) is 10.7. The molecular formula is C14H15NO. The first-order valence-corrected chi connectivity index (χ1v) is 5.46. The molecule has 16 heavy (non-hydrogen) atoms. The van der Waals surface area contributed by atoms with Crippen molar-refractivity contribution >= 4 is 0 Å². The first-order chi connectivity index (χ1) is 7.68. The van der Waals surface area contributed by atoms with Gasteiger partial charge in [-0.25, -0.2) is 0 Å². The van der Waals surface area contributed by atoms with Gasteiger partial charge in [-0.2, -0.15) is 0 Å². The van der Waals surface area contributed by atoms with Crippen molar-refractivity contribution < 1.29 is 0 Å². The summed E-state index contributed by atoms with van der Waals surface area (Å²) in [5, 5.41) is 0. The highest BCUT2D eigenvalue weighted by Gasteiger charge is 2.03. The second-order valence-corrected chi connectivity index (χ2v) is 4.16. The van der Waals surface area contributed by atoms with Gasteiger partial charge in [0.15, 0.2) is 0 Å². The third kappa shape index (κ3) is 2.06. The fourth-order valence-electron chi connectivity index (χ4n) is 1.66. The quantitative estimate of drug-likeness (QED) is 0.751. The molecule has 2 rings (SSSR count). The average Bonchev–Trinajstić information content (AvgIpc) is 2.30. The lowest BCUT2D eigenvalue weighted by Gasteiger charge is -2.08. The number of nitrogens with zero attached hydrogens (tertiary/aromatic N) is 1. The van der Waals surface area contributed by atoms with Crippen molar-refractivity contribution in [1.82, 2.24) is 4.57 Å². The predicted octanol–water partition coefficient (Wildman–Crippen LogP) is 2.96. The van der Waals surface area contributed by atoms with Gasteiger partial charge in [0, 0.05) is 18.0 Å². The fraction of sp³-hybridized carbons (Fsp3) is 0.214. The van der Waals surface area contributed by atoms with Gasteiger partial charge in [0.05, 0.1) is 0 Å². The summed E-state index contributed by atoms with van der Waals surface area (Å²) < 4.78 is 1.66. The Morgan fingerprint density at radius 2 is 1.75 bits per heavy atom. The molecule has 1 heterocycles. The van der Waals surface area contributed by atoms with E-state index in [1.54, 1.807) is 10.6 Å². The maximum absolute atomic E-state index is 11.9. The molecule has 82 valence electrons. The van der Waals surface area contributed by atoms with Crippen LogP contribution in [0.25, 0.3) is 5.69 Å². The van der Waals surface area contributed by atoms with Crippen LogP contribution in [0.3, 0.4) is 0 Å². The van der Waals surface area contributed by atoms with Crippen LogP contribution in [0.4, 0.5) is 0 Å². The van der Waals surface area contributed by atoms with Crippen molar-refractivity contribution in [2.45, 2.75) is 19.8 Å². The molecule has 1 aromatic carbocycles. The van der Waals surface area contributed by atoms with Crippen molar-refractivity contribution in [3.63, 3.8) is 0 Å². The monoisotopic (exact) mass is 213 g/mol. The van der Waals surface area contributed by atoms with Gasteiger partial charge >= 0.3 is 0 Å². The van der Waals surface area contributed by atoms with E-state index in [9.17, 15) is 4.79 Å². The van der Waals surface area contributed by atoms with Gasteiger partial charge in [-0.15, -0.1) is 0 Å². The molecule has 0 aliphatic heterocycles. The Bertz CT molecular complexity index is 526. The van der Waals surface area contributed by atoms with E-state index in [0.717, 1.165) is 11.3 Å². The van der Waals surface area contributed by atoms with E-state index >= 15 is 0 Å². The van der Waals surface area contributed by atoms with Crippen LogP contribution in [-0.4, -0.2) is 4.57 Å². The van der Waals surface area contributed by atoms with Crippen LogP contribution in [0.5, 0.6) is 0 Å². The highest BCUT2D eigenvalue weighted by atomic mass is 16.1. The zero-order valence-electron chi connectivity index (χ0n) is 9.55. The van der Waals surface area contributed by atoms with Crippen LogP contribution < -0.4 is 5.56 Å². The van der Waals surface area contributed by atoms with Gasteiger partial charge in [-0.3, -0.25) is 9.36 Å². The fourth-order valence-corrected chi connectivity index (χ4v) is 1.66. The minimum Gasteiger partial charge on any atom is -0.284 e. The Labute approximate surface area is 95.2 Å². The Morgan fingerprint density at radius 1 is 1.06 bits per heavy atom. The smallest absolute Gasteiger partial charge is 0.255 e. The molecule has 0 saturated carbocycles. The molecule has 2 aromatic rings. The third-order valence-electron chi connectivity index (χ3n) is 2.64. The molecule has 0 bridgehead atoms. The van der Waals surface area contributed by atoms with E-state index in [0.29, 0.717) is 5.92 Å². The predicted molar refractivity (Wildman–Crippen MR) is 66.1 cm³/mol. The van der Waals surface area contributed by atoms with Crippen LogP contribution in [0.2, 0.25) is 0 Å². The highest BCUT2D eigenvalue weighted by Crippen LogP contribution is 2.12. The number of para-hydroxylation sites is 1. The first-order valence-electron chi connectivity index (χ1n) is 5.46. The average molecular weight is 213 g/mol. The topological polar surface area (TPSA) is 22.0 Å². The lowest BCUT2D eigenvalue weighted by atomic mass is 10.1.